The van der Waals surface area contributed by atoms with Crippen molar-refractivity contribution in [2.45, 2.75) is 11.8 Å². The van der Waals surface area contributed by atoms with Crippen molar-refractivity contribution in [1.82, 2.24) is 0 Å². The Morgan fingerprint density at radius 1 is 1.17 bits per heavy atom. The molecule has 0 fully saturated rings. The molecule has 2 aromatic rings. The van der Waals surface area contributed by atoms with Crippen molar-refractivity contribution in [3.63, 3.8) is 0 Å². The molecule has 0 radical (unpaired) electrons. The van der Waals surface area contributed by atoms with E-state index in [9.17, 15) is 23.3 Å². The number of benzene rings is 2. The Hall–Kier alpha value is -2.94. The normalized spacial score (nSPS) is 11.0. The smallest absolute Gasteiger partial charge is 0.269 e. The Kier molecular flexibility index (Phi) is 4.32. The zero-order valence-corrected chi connectivity index (χ0v) is 12.8. The molecule has 2 aromatic carbocycles. The van der Waals surface area contributed by atoms with Gasteiger partial charge in [0.05, 0.1) is 21.1 Å². The van der Waals surface area contributed by atoms with E-state index < -0.39 is 20.9 Å². The number of nitrogens with zero attached hydrogens (tertiary/aromatic N) is 1. The van der Waals surface area contributed by atoms with E-state index in [4.69, 9.17) is 5.73 Å². The van der Waals surface area contributed by atoms with Crippen LogP contribution in [0.2, 0.25) is 0 Å². The number of amides is 1. The first-order valence-electron chi connectivity index (χ1n) is 6.39. The molecule has 1 amide bonds. The molecule has 2 rings (SSSR count). The first-order valence-corrected chi connectivity index (χ1v) is 7.87. The molecule has 0 aliphatic rings. The van der Waals surface area contributed by atoms with Crippen molar-refractivity contribution >= 4 is 27.3 Å². The zero-order valence-electron chi connectivity index (χ0n) is 12.0. The van der Waals surface area contributed by atoms with E-state index >= 15 is 0 Å². The Morgan fingerprint density at radius 2 is 1.78 bits per heavy atom. The molecule has 0 spiro atoms. The summed E-state index contributed by atoms with van der Waals surface area (Å²) in [6, 6.07) is 9.01. The lowest BCUT2D eigenvalue weighted by Crippen LogP contribution is -2.19. The van der Waals surface area contributed by atoms with E-state index in [1.165, 1.54) is 6.07 Å². The number of non-ortho nitro benzene ring substituents is 1. The summed E-state index contributed by atoms with van der Waals surface area (Å²) in [6.45, 7) is 1.63. The first kappa shape index (κ1) is 16.4. The molecule has 0 atom stereocenters. The predicted octanol–water partition coefficient (Wildman–Crippen LogP) is 1.80. The highest BCUT2D eigenvalue weighted by molar-refractivity contribution is 7.92. The molecule has 120 valence electrons. The van der Waals surface area contributed by atoms with Crippen LogP contribution in [-0.4, -0.2) is 19.2 Å². The number of nitro benzene ring substituents is 1. The number of rotatable bonds is 5. The number of nitrogens with one attached hydrogen (secondary N) is 1. The summed E-state index contributed by atoms with van der Waals surface area (Å²) >= 11 is 0. The number of hydrogen-bond acceptors (Lipinski definition) is 5. The number of hydrogen-bond donors (Lipinski definition) is 2. The second kappa shape index (κ2) is 6.05. The van der Waals surface area contributed by atoms with Crippen LogP contribution in [0.25, 0.3) is 0 Å². The third-order valence-electron chi connectivity index (χ3n) is 3.13. The first-order chi connectivity index (χ1) is 10.7. The molecule has 8 nitrogen and oxygen atoms in total. The van der Waals surface area contributed by atoms with Gasteiger partial charge in [0.25, 0.3) is 21.6 Å². The Bertz CT molecular complexity index is 876. The van der Waals surface area contributed by atoms with Crippen LogP contribution in [-0.2, 0) is 10.0 Å². The quantitative estimate of drug-likeness (QED) is 0.635. The lowest BCUT2D eigenvalue weighted by Gasteiger charge is -2.13. The van der Waals surface area contributed by atoms with Gasteiger partial charge in [-0.05, 0) is 30.7 Å². The van der Waals surface area contributed by atoms with Gasteiger partial charge in [-0.25, -0.2) is 8.42 Å². The maximum Gasteiger partial charge on any atom is 0.269 e. The maximum atomic E-state index is 12.4. The number of nitrogens with two attached hydrogens (primary N) is 1. The number of sulfonamides is 1. The highest BCUT2D eigenvalue weighted by Crippen LogP contribution is 2.24. The van der Waals surface area contributed by atoms with Crippen molar-refractivity contribution in [2.24, 2.45) is 5.73 Å². The molecular formula is C14H13N3O5S. The highest BCUT2D eigenvalue weighted by atomic mass is 32.2. The third kappa shape index (κ3) is 3.46. The molecule has 0 aliphatic carbocycles. The van der Waals surface area contributed by atoms with Crippen molar-refractivity contribution in [3.8, 4) is 0 Å². The number of carbonyl (C=O) groups is 1. The molecular weight excluding hydrogens is 322 g/mol. The maximum absolute atomic E-state index is 12.4. The molecule has 0 saturated heterocycles. The van der Waals surface area contributed by atoms with Gasteiger partial charge >= 0.3 is 0 Å². The minimum Gasteiger partial charge on any atom is -0.366 e. The second-order valence-electron chi connectivity index (χ2n) is 4.72. The summed E-state index contributed by atoms with van der Waals surface area (Å²) in [5, 5.41) is 10.6. The average molecular weight is 335 g/mol. The van der Waals surface area contributed by atoms with Gasteiger partial charge < -0.3 is 5.73 Å². The van der Waals surface area contributed by atoms with Crippen LogP contribution >= 0.6 is 0 Å². The van der Waals surface area contributed by atoms with Gasteiger partial charge in [0.15, 0.2) is 0 Å². The summed E-state index contributed by atoms with van der Waals surface area (Å²) in [5.41, 5.74) is 5.66. The summed E-state index contributed by atoms with van der Waals surface area (Å²) in [4.78, 5) is 21.2. The Labute approximate surface area is 132 Å². The zero-order chi connectivity index (χ0) is 17.2. The monoisotopic (exact) mass is 335 g/mol. The molecule has 0 aromatic heterocycles. The summed E-state index contributed by atoms with van der Waals surface area (Å²) in [5.74, 6) is -0.768. The number of aryl methyl sites for hydroxylation is 1. The Morgan fingerprint density at radius 3 is 2.30 bits per heavy atom. The summed E-state index contributed by atoms with van der Waals surface area (Å²) in [6.07, 6.45) is 0. The molecule has 0 unspecified atom stereocenters. The van der Waals surface area contributed by atoms with Gasteiger partial charge in [-0.2, -0.15) is 0 Å². The van der Waals surface area contributed by atoms with E-state index in [0.717, 1.165) is 24.3 Å². The van der Waals surface area contributed by atoms with Crippen LogP contribution in [0.3, 0.4) is 0 Å². The fraction of sp³-hybridized carbons (Fsp3) is 0.0714. The van der Waals surface area contributed by atoms with E-state index in [1.807, 2.05) is 0 Å². The molecule has 0 aliphatic heterocycles. The minimum atomic E-state index is -4.01. The van der Waals surface area contributed by atoms with Crippen molar-refractivity contribution in [1.29, 1.82) is 0 Å². The largest absolute Gasteiger partial charge is 0.366 e. The Balaban J connectivity index is 2.43. The average Bonchev–Trinajstić information content (AvgIpc) is 2.49. The van der Waals surface area contributed by atoms with E-state index in [-0.39, 0.29) is 21.8 Å². The van der Waals surface area contributed by atoms with Crippen molar-refractivity contribution in [3.05, 3.63) is 63.7 Å². The van der Waals surface area contributed by atoms with E-state index in [1.54, 1.807) is 19.1 Å². The number of nitro groups is 1. The molecule has 23 heavy (non-hydrogen) atoms. The predicted molar refractivity (Wildman–Crippen MR) is 83.6 cm³/mol. The lowest BCUT2D eigenvalue weighted by atomic mass is 10.1. The van der Waals surface area contributed by atoms with Gasteiger partial charge in [0.2, 0.25) is 0 Å². The van der Waals surface area contributed by atoms with Crippen LogP contribution in [0, 0.1) is 17.0 Å². The number of primary amides is 1. The van der Waals surface area contributed by atoms with Crippen LogP contribution in [0.5, 0.6) is 0 Å². The van der Waals surface area contributed by atoms with Crippen LogP contribution in [0.15, 0.2) is 47.4 Å². The van der Waals surface area contributed by atoms with Gasteiger partial charge in [0, 0.05) is 12.1 Å². The van der Waals surface area contributed by atoms with Gasteiger partial charge in [-0.15, -0.1) is 0 Å². The number of anilines is 1. The van der Waals surface area contributed by atoms with Gasteiger partial charge in [-0.3, -0.25) is 19.6 Å². The minimum absolute atomic E-state index is 0.0375. The molecule has 3 N–H and O–H groups in total. The third-order valence-corrected chi connectivity index (χ3v) is 4.50. The lowest BCUT2D eigenvalue weighted by molar-refractivity contribution is -0.384. The summed E-state index contributed by atoms with van der Waals surface area (Å²) < 4.78 is 27.1. The van der Waals surface area contributed by atoms with Crippen molar-refractivity contribution < 1.29 is 18.1 Å². The molecule has 9 heteroatoms. The standard InChI is InChI=1S/C14H13N3O5S/c1-9-3-2-4-12(14(15)18)13(9)16-23(21,22)11-7-5-10(6-8-11)17(19)20/h2-8,16H,1H3,(H2,15,18). The number of para-hydroxylation sites is 1. The fourth-order valence-corrected chi connectivity index (χ4v) is 3.10. The fourth-order valence-electron chi connectivity index (χ4n) is 1.95. The van der Waals surface area contributed by atoms with Gasteiger partial charge in [-0.1, -0.05) is 12.1 Å². The summed E-state index contributed by atoms with van der Waals surface area (Å²) in [7, 11) is -4.01. The van der Waals surface area contributed by atoms with E-state index in [0.29, 0.717) is 5.56 Å². The van der Waals surface area contributed by atoms with Crippen LogP contribution < -0.4 is 10.5 Å². The number of carbonyl (C=O) groups excluding carboxylic acids is 1. The van der Waals surface area contributed by atoms with E-state index in [2.05, 4.69) is 4.72 Å². The molecule has 0 bridgehead atoms. The highest BCUT2D eigenvalue weighted by Gasteiger charge is 2.20. The van der Waals surface area contributed by atoms with Crippen LogP contribution in [0.4, 0.5) is 11.4 Å². The molecule has 0 heterocycles. The second-order valence-corrected chi connectivity index (χ2v) is 6.40. The van der Waals surface area contributed by atoms with Crippen LogP contribution in [0.1, 0.15) is 15.9 Å². The van der Waals surface area contributed by atoms with Crippen molar-refractivity contribution in [2.75, 3.05) is 4.72 Å². The van der Waals surface area contributed by atoms with Gasteiger partial charge in [0.1, 0.15) is 0 Å². The SMILES string of the molecule is Cc1cccc(C(N)=O)c1NS(=O)(=O)c1ccc([N+](=O)[O-])cc1. The molecule has 0 saturated carbocycles. The topological polar surface area (TPSA) is 132 Å².